The molecule has 1 amide bonds. The van der Waals surface area contributed by atoms with Crippen LogP contribution in [0.5, 0.6) is 5.75 Å². The third-order valence-electron chi connectivity index (χ3n) is 2.90. The Balaban J connectivity index is 2.00. The molecule has 110 valence electrons. The van der Waals surface area contributed by atoms with E-state index in [1.54, 1.807) is 0 Å². The number of rotatable bonds is 6. The standard InChI is InChI=1S/C16H18N2O3/c1-20-16(19)18-17-15(13-8-4-2-5-9-13)12-21-14-10-6-3-7-11-14/h2-11,15,17H,12H2,1H3,(H,18,19). The van der Waals surface area contributed by atoms with Crippen LogP contribution in [-0.4, -0.2) is 19.8 Å². The molecule has 0 aliphatic heterocycles. The second-order valence-corrected chi connectivity index (χ2v) is 4.35. The molecule has 0 saturated heterocycles. The Kier molecular flexibility index (Phi) is 5.60. The van der Waals surface area contributed by atoms with Gasteiger partial charge >= 0.3 is 6.09 Å². The summed E-state index contributed by atoms with van der Waals surface area (Å²) in [5.41, 5.74) is 6.39. The molecule has 1 unspecified atom stereocenters. The molecule has 2 N–H and O–H groups in total. The quantitative estimate of drug-likeness (QED) is 0.802. The van der Waals surface area contributed by atoms with Crippen LogP contribution in [0.3, 0.4) is 0 Å². The van der Waals surface area contributed by atoms with Gasteiger partial charge in [-0.05, 0) is 17.7 Å². The molecule has 5 nitrogen and oxygen atoms in total. The van der Waals surface area contributed by atoms with Gasteiger partial charge in [0.05, 0.1) is 13.2 Å². The fourth-order valence-electron chi connectivity index (χ4n) is 1.80. The summed E-state index contributed by atoms with van der Waals surface area (Å²) in [6.07, 6.45) is -0.546. The SMILES string of the molecule is COC(=O)NNC(COc1ccccc1)c1ccccc1. The number of para-hydroxylation sites is 1. The molecule has 5 heteroatoms. The second kappa shape index (κ2) is 7.91. The van der Waals surface area contributed by atoms with E-state index in [0.717, 1.165) is 11.3 Å². The van der Waals surface area contributed by atoms with E-state index in [1.807, 2.05) is 60.7 Å². The summed E-state index contributed by atoms with van der Waals surface area (Å²) >= 11 is 0. The minimum atomic E-state index is -0.546. The summed E-state index contributed by atoms with van der Waals surface area (Å²) in [7, 11) is 1.31. The van der Waals surface area contributed by atoms with Crippen LogP contribution in [0.4, 0.5) is 4.79 Å². The first kappa shape index (κ1) is 14.9. The van der Waals surface area contributed by atoms with Crippen LogP contribution >= 0.6 is 0 Å². The van der Waals surface area contributed by atoms with Crippen LogP contribution in [0.25, 0.3) is 0 Å². The van der Waals surface area contributed by atoms with E-state index in [4.69, 9.17) is 4.74 Å². The zero-order chi connectivity index (χ0) is 14.9. The average Bonchev–Trinajstić information content (AvgIpc) is 2.56. The molecule has 0 radical (unpaired) electrons. The lowest BCUT2D eigenvalue weighted by Crippen LogP contribution is -2.42. The maximum absolute atomic E-state index is 11.2. The number of hydrogen-bond donors (Lipinski definition) is 2. The number of hydrogen-bond acceptors (Lipinski definition) is 4. The van der Waals surface area contributed by atoms with Gasteiger partial charge in [-0.15, -0.1) is 0 Å². The highest BCUT2D eigenvalue weighted by Crippen LogP contribution is 2.15. The molecule has 0 heterocycles. The highest BCUT2D eigenvalue weighted by molar-refractivity contribution is 5.66. The van der Waals surface area contributed by atoms with Crippen LogP contribution in [0, 0.1) is 0 Å². The molecule has 2 aromatic rings. The summed E-state index contributed by atoms with van der Waals surface area (Å²) in [6, 6.07) is 19.1. The van der Waals surface area contributed by atoms with E-state index < -0.39 is 6.09 Å². The molecular formula is C16H18N2O3. The first-order valence-corrected chi connectivity index (χ1v) is 6.62. The van der Waals surface area contributed by atoms with Gasteiger partial charge in [-0.3, -0.25) is 5.43 Å². The van der Waals surface area contributed by atoms with Crippen LogP contribution < -0.4 is 15.6 Å². The second-order valence-electron chi connectivity index (χ2n) is 4.35. The van der Waals surface area contributed by atoms with Crippen molar-refractivity contribution in [1.82, 2.24) is 10.9 Å². The Morgan fingerprint density at radius 3 is 2.29 bits per heavy atom. The molecule has 0 aromatic heterocycles. The molecule has 0 spiro atoms. The smallest absolute Gasteiger partial charge is 0.421 e. The molecule has 2 aromatic carbocycles. The normalized spacial score (nSPS) is 11.5. The fourth-order valence-corrected chi connectivity index (χ4v) is 1.80. The van der Waals surface area contributed by atoms with Crippen molar-refractivity contribution in [3.63, 3.8) is 0 Å². The first-order valence-electron chi connectivity index (χ1n) is 6.62. The van der Waals surface area contributed by atoms with Gasteiger partial charge in [-0.25, -0.2) is 10.2 Å². The molecule has 0 saturated carbocycles. The van der Waals surface area contributed by atoms with Gasteiger partial charge in [0.1, 0.15) is 12.4 Å². The summed E-state index contributed by atoms with van der Waals surface area (Å²) in [4.78, 5) is 11.2. The summed E-state index contributed by atoms with van der Waals surface area (Å²) < 4.78 is 10.3. The van der Waals surface area contributed by atoms with Gasteiger partial charge in [-0.2, -0.15) is 0 Å². The monoisotopic (exact) mass is 286 g/mol. The van der Waals surface area contributed by atoms with Crippen molar-refractivity contribution in [2.45, 2.75) is 6.04 Å². The van der Waals surface area contributed by atoms with Crippen molar-refractivity contribution in [2.75, 3.05) is 13.7 Å². The highest BCUT2D eigenvalue weighted by atomic mass is 16.5. The van der Waals surface area contributed by atoms with Crippen LogP contribution in [-0.2, 0) is 4.74 Å². The summed E-state index contributed by atoms with van der Waals surface area (Å²) in [6.45, 7) is 0.373. The summed E-state index contributed by atoms with van der Waals surface area (Å²) in [5, 5.41) is 0. The van der Waals surface area contributed by atoms with Crippen molar-refractivity contribution in [3.05, 3.63) is 66.2 Å². The maximum Gasteiger partial charge on any atom is 0.421 e. The molecule has 1 atom stereocenters. The predicted molar refractivity (Wildman–Crippen MR) is 79.8 cm³/mol. The van der Waals surface area contributed by atoms with E-state index in [9.17, 15) is 4.79 Å². The van der Waals surface area contributed by atoms with E-state index in [-0.39, 0.29) is 6.04 Å². The van der Waals surface area contributed by atoms with E-state index in [2.05, 4.69) is 15.6 Å². The number of ether oxygens (including phenoxy) is 2. The molecule has 0 fully saturated rings. The fraction of sp³-hybridized carbons (Fsp3) is 0.188. The van der Waals surface area contributed by atoms with Crippen LogP contribution in [0.15, 0.2) is 60.7 Å². The van der Waals surface area contributed by atoms with Crippen molar-refractivity contribution < 1.29 is 14.3 Å². The van der Waals surface area contributed by atoms with Crippen LogP contribution in [0.1, 0.15) is 11.6 Å². The lowest BCUT2D eigenvalue weighted by atomic mass is 10.1. The largest absolute Gasteiger partial charge is 0.492 e. The number of benzene rings is 2. The third kappa shape index (κ3) is 4.81. The Morgan fingerprint density at radius 1 is 1.05 bits per heavy atom. The lowest BCUT2D eigenvalue weighted by molar-refractivity contribution is 0.159. The van der Waals surface area contributed by atoms with Gasteiger partial charge < -0.3 is 9.47 Å². The van der Waals surface area contributed by atoms with Crippen molar-refractivity contribution >= 4 is 6.09 Å². The topological polar surface area (TPSA) is 59.6 Å². The van der Waals surface area contributed by atoms with Crippen LogP contribution in [0.2, 0.25) is 0 Å². The number of carbonyl (C=O) groups is 1. The molecule has 0 bridgehead atoms. The molecule has 21 heavy (non-hydrogen) atoms. The zero-order valence-electron chi connectivity index (χ0n) is 11.8. The number of amides is 1. The Morgan fingerprint density at radius 2 is 1.67 bits per heavy atom. The average molecular weight is 286 g/mol. The number of nitrogens with one attached hydrogen (secondary N) is 2. The molecule has 0 aliphatic carbocycles. The van der Waals surface area contributed by atoms with Crippen molar-refractivity contribution in [3.8, 4) is 5.75 Å². The number of hydrazine groups is 1. The number of methoxy groups -OCH3 is 1. The van der Waals surface area contributed by atoms with E-state index in [1.165, 1.54) is 7.11 Å². The van der Waals surface area contributed by atoms with E-state index >= 15 is 0 Å². The van der Waals surface area contributed by atoms with Gasteiger partial charge in [-0.1, -0.05) is 48.5 Å². The van der Waals surface area contributed by atoms with Gasteiger partial charge in [0.2, 0.25) is 0 Å². The Bertz CT molecular complexity index is 546. The third-order valence-corrected chi connectivity index (χ3v) is 2.90. The predicted octanol–water partition coefficient (Wildman–Crippen LogP) is 2.67. The number of carbonyl (C=O) groups excluding carboxylic acids is 1. The zero-order valence-corrected chi connectivity index (χ0v) is 11.8. The highest BCUT2D eigenvalue weighted by Gasteiger charge is 2.13. The van der Waals surface area contributed by atoms with Crippen molar-refractivity contribution in [2.24, 2.45) is 0 Å². The lowest BCUT2D eigenvalue weighted by Gasteiger charge is -2.19. The van der Waals surface area contributed by atoms with Gasteiger partial charge in [0.15, 0.2) is 0 Å². The first-order chi connectivity index (χ1) is 10.3. The van der Waals surface area contributed by atoms with Gasteiger partial charge in [0.25, 0.3) is 0 Å². The molecular weight excluding hydrogens is 268 g/mol. The molecule has 0 aliphatic rings. The minimum Gasteiger partial charge on any atom is -0.492 e. The van der Waals surface area contributed by atoms with Gasteiger partial charge in [0, 0.05) is 0 Å². The Labute approximate surface area is 123 Å². The summed E-state index contributed by atoms with van der Waals surface area (Å²) in [5.74, 6) is 0.776. The Hall–Kier alpha value is -2.53. The molecule has 2 rings (SSSR count). The maximum atomic E-state index is 11.2. The van der Waals surface area contributed by atoms with E-state index in [0.29, 0.717) is 6.61 Å². The minimum absolute atomic E-state index is 0.189. The van der Waals surface area contributed by atoms with Crippen molar-refractivity contribution in [1.29, 1.82) is 0 Å².